The van der Waals surface area contributed by atoms with Gasteiger partial charge in [-0.1, -0.05) is 6.92 Å². The molecule has 102 valence electrons. The Morgan fingerprint density at radius 3 is 2.28 bits per heavy atom. The van der Waals surface area contributed by atoms with E-state index in [9.17, 15) is 9.59 Å². The number of likely N-dealkylation sites (tertiary alicyclic amines) is 1. The fourth-order valence-corrected chi connectivity index (χ4v) is 2.59. The van der Waals surface area contributed by atoms with E-state index in [1.165, 1.54) is 12.8 Å². The Bertz CT molecular complexity index is 293. The number of hydrogen-bond donors (Lipinski definition) is 0. The Morgan fingerprint density at radius 1 is 1.11 bits per heavy atom. The second kappa shape index (κ2) is 6.18. The third-order valence-corrected chi connectivity index (χ3v) is 4.05. The van der Waals surface area contributed by atoms with Crippen molar-refractivity contribution in [2.24, 2.45) is 5.92 Å². The molecule has 2 amide bonds. The maximum Gasteiger partial charge on any atom is 0.236 e. The van der Waals surface area contributed by atoms with E-state index in [1.54, 1.807) is 4.90 Å². The zero-order valence-electron chi connectivity index (χ0n) is 11.2. The summed E-state index contributed by atoms with van der Waals surface area (Å²) in [5.41, 5.74) is 0. The summed E-state index contributed by atoms with van der Waals surface area (Å²) in [5, 5.41) is 0. The molecule has 0 aromatic carbocycles. The van der Waals surface area contributed by atoms with E-state index in [0.29, 0.717) is 32.7 Å². The van der Waals surface area contributed by atoms with Crippen molar-refractivity contribution in [2.75, 3.05) is 45.8 Å². The lowest BCUT2D eigenvalue weighted by molar-refractivity contribution is -0.136. The van der Waals surface area contributed by atoms with Crippen molar-refractivity contribution in [1.82, 2.24) is 14.7 Å². The fraction of sp³-hybridized carbons (Fsp3) is 0.846. The number of carbonyl (C=O) groups excluding carboxylic acids is 2. The van der Waals surface area contributed by atoms with Crippen LogP contribution in [0.25, 0.3) is 0 Å². The first-order valence-corrected chi connectivity index (χ1v) is 6.88. The van der Waals surface area contributed by atoms with Crippen LogP contribution in [0.1, 0.15) is 19.8 Å². The molecule has 0 unspecified atom stereocenters. The monoisotopic (exact) mass is 253 g/mol. The van der Waals surface area contributed by atoms with E-state index >= 15 is 0 Å². The van der Waals surface area contributed by atoms with Crippen LogP contribution >= 0.6 is 0 Å². The van der Waals surface area contributed by atoms with Crippen LogP contribution in [0.5, 0.6) is 0 Å². The van der Waals surface area contributed by atoms with Crippen molar-refractivity contribution in [3.63, 3.8) is 0 Å². The van der Waals surface area contributed by atoms with E-state index in [1.807, 2.05) is 4.90 Å². The van der Waals surface area contributed by atoms with Gasteiger partial charge in [-0.15, -0.1) is 0 Å². The Balaban J connectivity index is 1.73. The van der Waals surface area contributed by atoms with Gasteiger partial charge in [-0.05, 0) is 31.8 Å². The van der Waals surface area contributed by atoms with Gasteiger partial charge in [-0.25, -0.2) is 0 Å². The molecular formula is C13H23N3O2. The van der Waals surface area contributed by atoms with Crippen molar-refractivity contribution in [3.05, 3.63) is 0 Å². The van der Waals surface area contributed by atoms with Crippen molar-refractivity contribution in [3.8, 4) is 0 Å². The summed E-state index contributed by atoms with van der Waals surface area (Å²) >= 11 is 0. The fourth-order valence-electron chi connectivity index (χ4n) is 2.59. The number of rotatable bonds is 3. The topological polar surface area (TPSA) is 43.9 Å². The third kappa shape index (κ3) is 3.45. The summed E-state index contributed by atoms with van der Waals surface area (Å²) in [6, 6.07) is 0. The Hall–Kier alpha value is -1.10. The second-order valence-electron chi connectivity index (χ2n) is 5.48. The first kappa shape index (κ1) is 13.3. The molecule has 2 rings (SSSR count). The predicted octanol–water partition coefficient (Wildman–Crippen LogP) is 0.0189. The zero-order chi connectivity index (χ0) is 13.0. The van der Waals surface area contributed by atoms with E-state index in [-0.39, 0.29) is 5.91 Å². The van der Waals surface area contributed by atoms with Crippen LogP contribution in [-0.4, -0.2) is 72.8 Å². The van der Waals surface area contributed by atoms with E-state index < -0.39 is 0 Å². The Morgan fingerprint density at radius 2 is 1.72 bits per heavy atom. The molecule has 2 aliphatic rings. The number of carbonyl (C=O) groups is 2. The number of piperazine rings is 1. The van der Waals surface area contributed by atoms with Gasteiger partial charge >= 0.3 is 0 Å². The first-order valence-electron chi connectivity index (χ1n) is 6.88. The molecule has 0 bridgehead atoms. The van der Waals surface area contributed by atoms with Crippen molar-refractivity contribution in [2.45, 2.75) is 19.8 Å². The average Bonchev–Trinajstić information content (AvgIpc) is 2.41. The van der Waals surface area contributed by atoms with Gasteiger partial charge in [0.1, 0.15) is 0 Å². The van der Waals surface area contributed by atoms with Gasteiger partial charge in [0.05, 0.1) is 6.54 Å². The largest absolute Gasteiger partial charge is 0.342 e. The molecule has 0 saturated carbocycles. The van der Waals surface area contributed by atoms with Gasteiger partial charge in [0, 0.05) is 26.2 Å². The minimum absolute atomic E-state index is 0.218. The third-order valence-electron chi connectivity index (χ3n) is 4.05. The van der Waals surface area contributed by atoms with Crippen LogP contribution < -0.4 is 0 Å². The highest BCUT2D eigenvalue weighted by Crippen LogP contribution is 2.15. The average molecular weight is 253 g/mol. The lowest BCUT2D eigenvalue weighted by atomic mass is 9.99. The zero-order valence-corrected chi connectivity index (χ0v) is 11.2. The molecule has 0 spiro atoms. The van der Waals surface area contributed by atoms with Gasteiger partial charge in [0.15, 0.2) is 0 Å². The quantitative estimate of drug-likeness (QED) is 0.666. The van der Waals surface area contributed by atoms with Crippen molar-refractivity contribution >= 4 is 12.3 Å². The first-order chi connectivity index (χ1) is 8.69. The van der Waals surface area contributed by atoms with Crippen LogP contribution in [-0.2, 0) is 9.59 Å². The molecule has 2 heterocycles. The summed E-state index contributed by atoms with van der Waals surface area (Å²) in [6.45, 7) is 7.62. The van der Waals surface area contributed by atoms with E-state index in [2.05, 4.69) is 11.8 Å². The SMILES string of the molecule is CC1CCN(CC(=O)N2CCN(C=O)CC2)CC1. The van der Waals surface area contributed by atoms with Gasteiger partial charge in [-0.3, -0.25) is 14.5 Å². The molecule has 0 aliphatic carbocycles. The number of nitrogens with zero attached hydrogens (tertiary/aromatic N) is 3. The second-order valence-corrected chi connectivity index (χ2v) is 5.48. The highest BCUT2D eigenvalue weighted by Gasteiger charge is 2.23. The summed E-state index contributed by atoms with van der Waals surface area (Å²) in [5.74, 6) is 1.02. The molecule has 2 aliphatic heterocycles. The van der Waals surface area contributed by atoms with Crippen LogP contribution in [0.3, 0.4) is 0 Å². The minimum atomic E-state index is 0.218. The molecule has 0 aromatic rings. The molecule has 2 fully saturated rings. The number of piperidine rings is 1. The highest BCUT2D eigenvalue weighted by atomic mass is 16.2. The van der Waals surface area contributed by atoms with Gasteiger partial charge in [0.2, 0.25) is 12.3 Å². The number of hydrogen-bond acceptors (Lipinski definition) is 3. The van der Waals surface area contributed by atoms with Gasteiger partial charge in [0.25, 0.3) is 0 Å². The molecule has 0 N–H and O–H groups in total. The Kier molecular flexibility index (Phi) is 4.58. The standard InChI is InChI=1S/C13H23N3O2/c1-12-2-4-14(5-3-12)10-13(18)16-8-6-15(11-17)7-9-16/h11-12H,2-10H2,1H3. The van der Waals surface area contributed by atoms with Crippen LogP contribution in [0.15, 0.2) is 0 Å². The van der Waals surface area contributed by atoms with Gasteiger partial charge < -0.3 is 9.80 Å². The smallest absolute Gasteiger partial charge is 0.236 e. The normalized spacial score (nSPS) is 23.2. The molecule has 0 radical (unpaired) electrons. The van der Waals surface area contributed by atoms with Crippen LogP contribution in [0.2, 0.25) is 0 Å². The molecule has 18 heavy (non-hydrogen) atoms. The lowest BCUT2D eigenvalue weighted by Gasteiger charge is -2.35. The lowest BCUT2D eigenvalue weighted by Crippen LogP contribution is -2.51. The maximum atomic E-state index is 12.1. The van der Waals surface area contributed by atoms with Gasteiger partial charge in [-0.2, -0.15) is 0 Å². The molecule has 0 atom stereocenters. The van der Waals surface area contributed by atoms with Crippen molar-refractivity contribution in [1.29, 1.82) is 0 Å². The molecule has 5 heteroatoms. The van der Waals surface area contributed by atoms with E-state index in [4.69, 9.17) is 0 Å². The Labute approximate surface area is 109 Å². The summed E-state index contributed by atoms with van der Waals surface area (Å²) in [7, 11) is 0. The highest BCUT2D eigenvalue weighted by molar-refractivity contribution is 5.78. The maximum absolute atomic E-state index is 12.1. The minimum Gasteiger partial charge on any atom is -0.342 e. The molecular weight excluding hydrogens is 230 g/mol. The summed E-state index contributed by atoms with van der Waals surface area (Å²) in [6.07, 6.45) is 3.27. The summed E-state index contributed by atoms with van der Waals surface area (Å²) in [4.78, 5) is 28.6. The van der Waals surface area contributed by atoms with Crippen LogP contribution in [0.4, 0.5) is 0 Å². The van der Waals surface area contributed by atoms with Crippen molar-refractivity contribution < 1.29 is 9.59 Å². The number of amides is 2. The predicted molar refractivity (Wildman–Crippen MR) is 69.1 cm³/mol. The molecule has 2 saturated heterocycles. The molecule has 0 aromatic heterocycles. The summed E-state index contributed by atoms with van der Waals surface area (Å²) < 4.78 is 0. The van der Waals surface area contributed by atoms with E-state index in [0.717, 1.165) is 25.4 Å². The molecule has 5 nitrogen and oxygen atoms in total. The van der Waals surface area contributed by atoms with Crippen LogP contribution in [0, 0.1) is 5.92 Å².